The van der Waals surface area contributed by atoms with Gasteiger partial charge in [-0.05, 0) is 55.7 Å². The fourth-order valence-electron chi connectivity index (χ4n) is 5.38. The first-order valence-electron chi connectivity index (χ1n) is 12.2. The number of fused-ring (bicyclic) bond motifs is 1. The van der Waals surface area contributed by atoms with Gasteiger partial charge in [-0.15, -0.1) is 0 Å². The number of aliphatic carboxylic acids is 1. The van der Waals surface area contributed by atoms with Gasteiger partial charge in [0.2, 0.25) is 0 Å². The van der Waals surface area contributed by atoms with E-state index >= 15 is 0 Å². The van der Waals surface area contributed by atoms with E-state index in [-0.39, 0.29) is 23.3 Å². The number of carboxylic acids is 2. The summed E-state index contributed by atoms with van der Waals surface area (Å²) in [5.41, 5.74) is 5.12. The third-order valence-electron chi connectivity index (χ3n) is 7.33. The Labute approximate surface area is 214 Å². The van der Waals surface area contributed by atoms with E-state index in [9.17, 15) is 24.6 Å². The number of aromatic nitrogens is 1. The largest absolute Gasteiger partial charge is 0.478 e. The summed E-state index contributed by atoms with van der Waals surface area (Å²) in [6.07, 6.45) is 10.8. The number of nitrogens with zero attached hydrogens (tertiary/aromatic N) is 1. The highest BCUT2D eigenvalue weighted by Crippen LogP contribution is 2.42. The fraction of sp³-hybridized carbons (Fsp3) is 0.194. The smallest absolute Gasteiger partial charge is 0.353 e. The summed E-state index contributed by atoms with van der Waals surface area (Å²) in [6, 6.07) is 14.7. The number of carbonyl (C=O) groups is 3. The average Bonchev–Trinajstić information content (AvgIpc) is 3.24. The maximum Gasteiger partial charge on any atom is 0.353 e. The normalized spacial score (nSPS) is 19.2. The first-order chi connectivity index (χ1) is 17.8. The number of para-hydroxylation sites is 1. The Morgan fingerprint density at radius 2 is 1.59 bits per heavy atom. The van der Waals surface area contributed by atoms with Crippen molar-refractivity contribution >= 4 is 34.3 Å². The summed E-state index contributed by atoms with van der Waals surface area (Å²) in [6.45, 7) is 3.49. The van der Waals surface area contributed by atoms with Gasteiger partial charge in [0.05, 0.1) is 11.1 Å². The van der Waals surface area contributed by atoms with Gasteiger partial charge in [-0.1, -0.05) is 72.8 Å². The van der Waals surface area contributed by atoms with Crippen LogP contribution in [-0.4, -0.2) is 32.5 Å². The van der Waals surface area contributed by atoms with Gasteiger partial charge in [0.15, 0.2) is 5.78 Å². The molecule has 2 aliphatic rings. The Morgan fingerprint density at radius 1 is 0.892 bits per heavy atom. The molecule has 0 fully saturated rings. The molecule has 3 aromatic rings. The highest BCUT2D eigenvalue weighted by molar-refractivity contribution is 6.10. The molecule has 0 saturated carbocycles. The molecule has 37 heavy (non-hydrogen) atoms. The Hall–Kier alpha value is -4.45. The van der Waals surface area contributed by atoms with Gasteiger partial charge in [-0.2, -0.15) is 0 Å². The van der Waals surface area contributed by atoms with E-state index in [0.717, 1.165) is 27.7 Å². The average molecular weight is 494 g/mol. The number of allylic oxidation sites excluding steroid dienone is 6. The molecule has 5 rings (SSSR count). The number of carbonyl (C=O) groups excluding carboxylic acids is 1. The van der Waals surface area contributed by atoms with E-state index < -0.39 is 11.9 Å². The molecule has 0 bridgehead atoms. The molecule has 0 radical (unpaired) electrons. The minimum Gasteiger partial charge on any atom is -0.478 e. The molecule has 0 aliphatic heterocycles. The van der Waals surface area contributed by atoms with Gasteiger partial charge in [-0.3, -0.25) is 4.79 Å². The van der Waals surface area contributed by atoms with Crippen LogP contribution >= 0.6 is 0 Å². The van der Waals surface area contributed by atoms with Crippen molar-refractivity contribution in [2.24, 2.45) is 11.8 Å². The van der Waals surface area contributed by atoms with Gasteiger partial charge in [0.1, 0.15) is 5.69 Å². The predicted molar refractivity (Wildman–Crippen MR) is 143 cm³/mol. The number of hydrogen-bond donors (Lipinski definition) is 2. The number of ketones is 1. The van der Waals surface area contributed by atoms with Crippen LogP contribution in [0.5, 0.6) is 0 Å². The molecule has 2 unspecified atom stereocenters. The minimum atomic E-state index is -1.03. The Kier molecular flexibility index (Phi) is 6.25. The summed E-state index contributed by atoms with van der Waals surface area (Å²) >= 11 is 0. The Morgan fingerprint density at radius 3 is 2.22 bits per heavy atom. The highest BCUT2D eigenvalue weighted by atomic mass is 16.4. The zero-order valence-electron chi connectivity index (χ0n) is 20.6. The van der Waals surface area contributed by atoms with E-state index in [0.29, 0.717) is 29.5 Å². The molecule has 2 aromatic carbocycles. The third-order valence-corrected chi connectivity index (χ3v) is 7.33. The Balaban J connectivity index is 1.62. The van der Waals surface area contributed by atoms with Gasteiger partial charge in [0.25, 0.3) is 0 Å². The van der Waals surface area contributed by atoms with Crippen LogP contribution in [0.3, 0.4) is 0 Å². The van der Waals surface area contributed by atoms with Crippen molar-refractivity contribution in [1.29, 1.82) is 0 Å². The van der Waals surface area contributed by atoms with Gasteiger partial charge >= 0.3 is 11.9 Å². The van der Waals surface area contributed by atoms with Crippen molar-refractivity contribution in [3.63, 3.8) is 0 Å². The molecular formula is C31H27NO5. The van der Waals surface area contributed by atoms with Crippen LogP contribution in [0.1, 0.15) is 47.5 Å². The molecule has 0 amide bonds. The standard InChI is InChI=1S/C31H27NO5/c1-18-7-8-24(21-11-15-23(16-12-21)30(34)35)17-27(18)32-26-6-4-3-5-25(26)28(29(32)31(36)37)22-13-9-20(10-14-22)19(2)33/h3-11,13-16,21,24H,12,17H2,1-2H3,(H,34,35)(H,36,37). The van der Waals surface area contributed by atoms with Crippen LogP contribution in [0.4, 0.5) is 0 Å². The zero-order chi connectivity index (χ0) is 26.3. The number of rotatable bonds is 6. The van der Waals surface area contributed by atoms with Crippen LogP contribution in [0, 0.1) is 11.8 Å². The second kappa shape index (κ2) is 9.54. The fourth-order valence-corrected chi connectivity index (χ4v) is 5.38. The molecule has 0 spiro atoms. The number of Topliss-reactive ketones (excluding diaryl/α,β-unsaturated/α-hetero) is 1. The van der Waals surface area contributed by atoms with Gasteiger partial charge in [-0.25, -0.2) is 9.59 Å². The van der Waals surface area contributed by atoms with Crippen LogP contribution in [-0.2, 0) is 4.79 Å². The summed E-state index contributed by atoms with van der Waals surface area (Å²) in [5, 5.41) is 20.6. The van der Waals surface area contributed by atoms with E-state index in [1.54, 1.807) is 36.4 Å². The van der Waals surface area contributed by atoms with Crippen LogP contribution in [0.15, 0.2) is 90.1 Å². The first kappa shape index (κ1) is 24.3. The third kappa shape index (κ3) is 4.35. The molecule has 186 valence electrons. The van der Waals surface area contributed by atoms with E-state index in [1.165, 1.54) is 6.92 Å². The SMILES string of the molecule is CC(=O)c1ccc(-c2c(C(=O)O)n(C3=C(C)C=CC(C4C=CC(C(=O)O)=CC4)C3)c3ccccc23)cc1. The molecule has 2 aliphatic carbocycles. The molecule has 6 heteroatoms. The van der Waals surface area contributed by atoms with Crippen molar-refractivity contribution in [2.45, 2.75) is 26.7 Å². The van der Waals surface area contributed by atoms with Crippen LogP contribution in [0.2, 0.25) is 0 Å². The lowest BCUT2D eigenvalue weighted by molar-refractivity contribution is -0.132. The molecule has 6 nitrogen and oxygen atoms in total. The number of aromatic carboxylic acids is 1. The van der Waals surface area contributed by atoms with Crippen molar-refractivity contribution in [3.8, 4) is 11.1 Å². The van der Waals surface area contributed by atoms with Crippen molar-refractivity contribution in [3.05, 3.63) is 101 Å². The lowest BCUT2D eigenvalue weighted by atomic mass is 9.79. The predicted octanol–water partition coefficient (Wildman–Crippen LogP) is 6.60. The maximum atomic E-state index is 12.8. The number of hydrogen-bond acceptors (Lipinski definition) is 3. The van der Waals surface area contributed by atoms with Crippen molar-refractivity contribution in [1.82, 2.24) is 4.57 Å². The topological polar surface area (TPSA) is 96.6 Å². The van der Waals surface area contributed by atoms with Crippen molar-refractivity contribution < 1.29 is 24.6 Å². The zero-order valence-corrected chi connectivity index (χ0v) is 20.6. The number of benzene rings is 2. The highest BCUT2D eigenvalue weighted by Gasteiger charge is 2.30. The summed E-state index contributed by atoms with van der Waals surface area (Å²) in [4.78, 5) is 35.9. The molecule has 2 N–H and O–H groups in total. The van der Waals surface area contributed by atoms with Crippen LogP contribution in [0.25, 0.3) is 27.7 Å². The molecule has 2 atom stereocenters. The molecule has 1 aromatic heterocycles. The van der Waals surface area contributed by atoms with Gasteiger partial charge in [0, 0.05) is 22.2 Å². The monoisotopic (exact) mass is 493 g/mol. The molecule has 1 heterocycles. The van der Waals surface area contributed by atoms with E-state index in [2.05, 4.69) is 6.08 Å². The number of carboxylic acid groups (broad SMARTS) is 2. The quantitative estimate of drug-likeness (QED) is 0.377. The molecule has 0 saturated heterocycles. The minimum absolute atomic E-state index is 0.0460. The first-order valence-corrected chi connectivity index (χ1v) is 12.2. The van der Waals surface area contributed by atoms with E-state index in [4.69, 9.17) is 0 Å². The summed E-state index contributed by atoms with van der Waals surface area (Å²) in [7, 11) is 0. The van der Waals surface area contributed by atoms with Crippen LogP contribution < -0.4 is 0 Å². The lowest BCUT2D eigenvalue weighted by Gasteiger charge is -2.29. The lowest BCUT2D eigenvalue weighted by Crippen LogP contribution is -2.20. The maximum absolute atomic E-state index is 12.8. The second-order valence-corrected chi connectivity index (χ2v) is 9.59. The van der Waals surface area contributed by atoms with E-state index in [1.807, 2.05) is 47.9 Å². The second-order valence-electron chi connectivity index (χ2n) is 9.59. The summed E-state index contributed by atoms with van der Waals surface area (Å²) in [5.74, 6) is -1.78. The molecular weight excluding hydrogens is 466 g/mol. The summed E-state index contributed by atoms with van der Waals surface area (Å²) < 4.78 is 1.86. The van der Waals surface area contributed by atoms with Crippen molar-refractivity contribution in [2.75, 3.05) is 0 Å². The van der Waals surface area contributed by atoms with Gasteiger partial charge < -0.3 is 14.8 Å². The Bertz CT molecular complexity index is 1560.